The van der Waals surface area contributed by atoms with Gasteiger partial charge in [0.1, 0.15) is 11.2 Å². The van der Waals surface area contributed by atoms with E-state index in [1.165, 1.54) is 0 Å². The van der Waals surface area contributed by atoms with E-state index < -0.39 is 0 Å². The standard InChI is InChI=1S/C21H18ClN3O2/c22-15-5-6-16-14(11-15)12-18(23-16)21(26)25-9-7-13(8-10-25)20-24-17-3-1-2-4-19(17)27-20/h1-6,11-13,23H,7-10H2. The highest BCUT2D eigenvalue weighted by atomic mass is 35.5. The van der Waals surface area contributed by atoms with Gasteiger partial charge in [-0.1, -0.05) is 23.7 Å². The first-order valence-electron chi connectivity index (χ1n) is 9.10. The molecule has 136 valence electrons. The Morgan fingerprint density at radius 3 is 2.78 bits per heavy atom. The fourth-order valence-electron chi connectivity index (χ4n) is 3.78. The molecule has 0 aliphatic carbocycles. The minimum atomic E-state index is 0.0262. The summed E-state index contributed by atoms with van der Waals surface area (Å²) in [5.74, 6) is 1.06. The first-order valence-corrected chi connectivity index (χ1v) is 9.48. The van der Waals surface area contributed by atoms with Gasteiger partial charge in [-0.15, -0.1) is 0 Å². The van der Waals surface area contributed by atoms with E-state index >= 15 is 0 Å². The highest BCUT2D eigenvalue weighted by Crippen LogP contribution is 2.30. The molecule has 2 aromatic heterocycles. The average Bonchev–Trinajstić information content (AvgIpc) is 3.31. The molecule has 1 amide bonds. The first-order chi connectivity index (χ1) is 13.2. The lowest BCUT2D eigenvalue weighted by Gasteiger charge is -2.30. The van der Waals surface area contributed by atoms with Crippen LogP contribution in [0.15, 0.2) is 52.9 Å². The second-order valence-electron chi connectivity index (χ2n) is 7.00. The summed E-state index contributed by atoms with van der Waals surface area (Å²) in [6.45, 7) is 1.39. The van der Waals surface area contributed by atoms with Crippen LogP contribution in [0.5, 0.6) is 0 Å². The fraction of sp³-hybridized carbons (Fsp3) is 0.238. The maximum Gasteiger partial charge on any atom is 0.270 e. The summed E-state index contributed by atoms with van der Waals surface area (Å²) < 4.78 is 5.91. The van der Waals surface area contributed by atoms with Crippen LogP contribution in [0.1, 0.15) is 35.1 Å². The van der Waals surface area contributed by atoms with Crippen molar-refractivity contribution in [1.29, 1.82) is 0 Å². The van der Waals surface area contributed by atoms with Gasteiger partial charge in [0.2, 0.25) is 0 Å². The Morgan fingerprint density at radius 2 is 1.96 bits per heavy atom. The molecule has 3 heterocycles. The third-order valence-electron chi connectivity index (χ3n) is 5.26. The van der Waals surface area contributed by atoms with Crippen molar-refractivity contribution in [2.75, 3.05) is 13.1 Å². The zero-order valence-electron chi connectivity index (χ0n) is 14.6. The van der Waals surface area contributed by atoms with E-state index in [1.54, 1.807) is 0 Å². The summed E-state index contributed by atoms with van der Waals surface area (Å²) in [6, 6.07) is 15.3. The molecule has 6 heteroatoms. The number of amides is 1. The van der Waals surface area contributed by atoms with E-state index in [0.717, 1.165) is 40.7 Å². The number of carbonyl (C=O) groups excluding carboxylic acids is 1. The van der Waals surface area contributed by atoms with Gasteiger partial charge in [-0.2, -0.15) is 0 Å². The van der Waals surface area contributed by atoms with Gasteiger partial charge in [0.05, 0.1) is 0 Å². The molecule has 1 saturated heterocycles. The van der Waals surface area contributed by atoms with Crippen LogP contribution in [0.25, 0.3) is 22.0 Å². The Labute approximate surface area is 160 Å². The van der Waals surface area contributed by atoms with Crippen molar-refractivity contribution in [1.82, 2.24) is 14.9 Å². The van der Waals surface area contributed by atoms with Gasteiger partial charge >= 0.3 is 0 Å². The van der Waals surface area contributed by atoms with Gasteiger partial charge in [0.15, 0.2) is 11.5 Å². The van der Waals surface area contributed by atoms with Crippen molar-refractivity contribution >= 4 is 39.5 Å². The molecule has 0 bridgehead atoms. The van der Waals surface area contributed by atoms with Crippen LogP contribution < -0.4 is 0 Å². The molecule has 0 spiro atoms. The molecule has 0 radical (unpaired) electrons. The maximum atomic E-state index is 12.9. The van der Waals surface area contributed by atoms with E-state index in [4.69, 9.17) is 16.0 Å². The quantitative estimate of drug-likeness (QED) is 0.534. The summed E-state index contributed by atoms with van der Waals surface area (Å²) in [6.07, 6.45) is 1.70. The molecular weight excluding hydrogens is 362 g/mol. The van der Waals surface area contributed by atoms with Gasteiger partial charge in [-0.3, -0.25) is 4.79 Å². The van der Waals surface area contributed by atoms with Crippen molar-refractivity contribution in [3.05, 3.63) is 65.1 Å². The van der Waals surface area contributed by atoms with E-state index in [-0.39, 0.29) is 11.8 Å². The lowest BCUT2D eigenvalue weighted by molar-refractivity contribution is 0.0702. The van der Waals surface area contributed by atoms with Crippen LogP contribution in [0, 0.1) is 0 Å². The van der Waals surface area contributed by atoms with Crippen LogP contribution in [0.2, 0.25) is 5.02 Å². The fourth-order valence-corrected chi connectivity index (χ4v) is 3.96. The van der Waals surface area contributed by atoms with Crippen molar-refractivity contribution < 1.29 is 9.21 Å². The Balaban J connectivity index is 1.31. The molecule has 1 N–H and O–H groups in total. The largest absolute Gasteiger partial charge is 0.440 e. The normalized spacial score (nSPS) is 15.7. The summed E-state index contributed by atoms with van der Waals surface area (Å²) in [4.78, 5) is 22.6. The monoisotopic (exact) mass is 379 g/mol. The molecule has 0 saturated carbocycles. The van der Waals surface area contributed by atoms with Crippen LogP contribution in [-0.4, -0.2) is 33.9 Å². The van der Waals surface area contributed by atoms with Gasteiger partial charge in [0.25, 0.3) is 5.91 Å². The number of benzene rings is 2. The number of H-pyrrole nitrogens is 1. The Morgan fingerprint density at radius 1 is 1.15 bits per heavy atom. The molecule has 1 fully saturated rings. The maximum absolute atomic E-state index is 12.9. The Hall–Kier alpha value is -2.79. The highest BCUT2D eigenvalue weighted by Gasteiger charge is 2.28. The third-order valence-corrected chi connectivity index (χ3v) is 5.49. The van der Waals surface area contributed by atoms with Crippen molar-refractivity contribution in [2.24, 2.45) is 0 Å². The van der Waals surface area contributed by atoms with Crippen molar-refractivity contribution in [2.45, 2.75) is 18.8 Å². The number of hydrogen-bond donors (Lipinski definition) is 1. The summed E-state index contributed by atoms with van der Waals surface area (Å²) in [7, 11) is 0. The topological polar surface area (TPSA) is 62.1 Å². The van der Waals surface area contributed by atoms with E-state index in [0.29, 0.717) is 23.8 Å². The SMILES string of the molecule is O=C(c1cc2cc(Cl)ccc2[nH]1)N1CCC(c2nc3ccccc3o2)CC1. The third kappa shape index (κ3) is 2.98. The zero-order chi connectivity index (χ0) is 18.4. The van der Waals surface area contributed by atoms with E-state index in [9.17, 15) is 4.79 Å². The average molecular weight is 380 g/mol. The second kappa shape index (κ2) is 6.43. The number of oxazole rings is 1. The number of rotatable bonds is 2. The number of likely N-dealkylation sites (tertiary alicyclic amines) is 1. The number of para-hydroxylation sites is 2. The number of carbonyl (C=O) groups is 1. The van der Waals surface area contributed by atoms with Crippen LogP contribution in [0.3, 0.4) is 0 Å². The lowest BCUT2D eigenvalue weighted by Crippen LogP contribution is -2.38. The molecule has 5 rings (SSSR count). The molecule has 5 nitrogen and oxygen atoms in total. The van der Waals surface area contributed by atoms with Crippen LogP contribution in [0.4, 0.5) is 0 Å². The number of aromatic nitrogens is 2. The number of nitrogens with zero attached hydrogens (tertiary/aromatic N) is 2. The zero-order valence-corrected chi connectivity index (χ0v) is 15.4. The van der Waals surface area contributed by atoms with E-state index in [2.05, 4.69) is 9.97 Å². The summed E-state index contributed by atoms with van der Waals surface area (Å²) in [5.41, 5.74) is 3.24. The minimum absolute atomic E-state index is 0.0262. The molecule has 4 aromatic rings. The number of nitrogens with one attached hydrogen (secondary N) is 1. The highest BCUT2D eigenvalue weighted by molar-refractivity contribution is 6.31. The molecule has 1 aliphatic heterocycles. The van der Waals surface area contributed by atoms with Crippen molar-refractivity contribution in [3.8, 4) is 0 Å². The first kappa shape index (κ1) is 16.4. The van der Waals surface area contributed by atoms with Crippen molar-refractivity contribution in [3.63, 3.8) is 0 Å². The van der Waals surface area contributed by atoms with Crippen LogP contribution >= 0.6 is 11.6 Å². The number of piperidine rings is 1. The predicted molar refractivity (Wildman–Crippen MR) is 105 cm³/mol. The number of hydrogen-bond acceptors (Lipinski definition) is 3. The molecule has 0 unspecified atom stereocenters. The number of halogens is 1. The van der Waals surface area contributed by atoms with Gasteiger partial charge in [-0.05, 0) is 49.2 Å². The number of aromatic amines is 1. The second-order valence-corrected chi connectivity index (χ2v) is 7.44. The van der Waals surface area contributed by atoms with E-state index in [1.807, 2.05) is 53.4 Å². The van der Waals surface area contributed by atoms with Crippen LogP contribution in [-0.2, 0) is 0 Å². The van der Waals surface area contributed by atoms with Gasteiger partial charge in [0, 0.05) is 34.9 Å². The molecular formula is C21H18ClN3O2. The Kier molecular flexibility index (Phi) is 3.90. The number of fused-ring (bicyclic) bond motifs is 2. The van der Waals surface area contributed by atoms with Gasteiger partial charge in [-0.25, -0.2) is 4.98 Å². The molecule has 2 aromatic carbocycles. The lowest BCUT2D eigenvalue weighted by atomic mass is 9.96. The Bertz CT molecular complexity index is 1110. The smallest absolute Gasteiger partial charge is 0.270 e. The minimum Gasteiger partial charge on any atom is -0.440 e. The predicted octanol–water partition coefficient (Wildman–Crippen LogP) is 4.98. The molecule has 1 aliphatic rings. The van der Waals surface area contributed by atoms with Gasteiger partial charge < -0.3 is 14.3 Å². The molecule has 27 heavy (non-hydrogen) atoms. The molecule has 0 atom stereocenters. The summed E-state index contributed by atoms with van der Waals surface area (Å²) in [5, 5.41) is 1.62. The summed E-state index contributed by atoms with van der Waals surface area (Å²) >= 11 is 6.04.